The van der Waals surface area contributed by atoms with Crippen LogP contribution in [0, 0.1) is 39.3 Å². The van der Waals surface area contributed by atoms with Gasteiger partial charge in [-0.05, 0) is 96.3 Å². The lowest BCUT2D eigenvalue weighted by molar-refractivity contribution is 0.00578. The second-order valence-electron chi connectivity index (χ2n) is 14.7. The van der Waals surface area contributed by atoms with Gasteiger partial charge in [-0.25, -0.2) is 18.4 Å². The number of hydrogen-bond donors (Lipinski definition) is 4. The minimum Gasteiger partial charge on any atom is -0.399 e. The van der Waals surface area contributed by atoms with E-state index in [0.717, 1.165) is 45.2 Å². The van der Waals surface area contributed by atoms with Crippen LogP contribution in [0.3, 0.4) is 0 Å². The van der Waals surface area contributed by atoms with Gasteiger partial charge >= 0.3 is 18.5 Å². The molecule has 0 atom stereocenters. The molecule has 8 aromatic rings. The van der Waals surface area contributed by atoms with Crippen LogP contribution >= 0.6 is 0 Å². The van der Waals surface area contributed by atoms with Crippen LogP contribution in [0.1, 0.15) is 50.6 Å². The smallest absolute Gasteiger partial charge is 0.399 e. The van der Waals surface area contributed by atoms with Crippen molar-refractivity contribution >= 4 is 45.6 Å². The molecule has 9 rings (SSSR count). The molecular weight excluding hydrogens is 711 g/mol. The maximum atomic E-state index is 14.7. The van der Waals surface area contributed by atoms with Gasteiger partial charge in [0.1, 0.15) is 23.2 Å². The van der Waals surface area contributed by atoms with Crippen LogP contribution in [0.2, 0.25) is 0 Å². The number of halogens is 2. The Kier molecular flexibility index (Phi) is 8.31. The van der Waals surface area contributed by atoms with Crippen molar-refractivity contribution < 1.29 is 27.1 Å². The van der Waals surface area contributed by atoms with Crippen LogP contribution in [-0.2, 0) is 9.31 Å². The molecule has 0 amide bonds. The molecule has 0 saturated carbocycles. The molecule has 16 heteroatoms. The molecule has 0 aliphatic carbocycles. The molecule has 0 bridgehead atoms. The Hall–Kier alpha value is -6.13. The highest BCUT2D eigenvalue weighted by atomic mass is 19.1. The zero-order chi connectivity index (χ0) is 39.1. The fourth-order valence-electron chi connectivity index (χ4n) is 7.19. The van der Waals surface area contributed by atoms with E-state index in [-0.39, 0.29) is 22.3 Å². The zero-order valence-electron chi connectivity index (χ0n) is 31.2. The number of fused-ring (bicyclic) bond motifs is 3. The predicted octanol–water partition coefficient (Wildman–Crippen LogP) is 7.05. The number of rotatable bonds is 4. The second-order valence-corrected chi connectivity index (χ2v) is 14.7. The monoisotopic (exact) mass is 747 g/mol. The summed E-state index contributed by atoms with van der Waals surface area (Å²) >= 11 is 0. The number of benzene rings is 3. The summed E-state index contributed by atoms with van der Waals surface area (Å²) < 4.78 is 51.4. The zero-order valence-corrected chi connectivity index (χ0v) is 31.2. The van der Waals surface area contributed by atoms with Crippen LogP contribution in [-0.4, -0.2) is 53.6 Å². The molecule has 280 valence electrons. The molecule has 1 aliphatic rings. The molecular formula is C39H36BF2N7O6. The van der Waals surface area contributed by atoms with E-state index in [1.807, 2.05) is 72.7 Å². The van der Waals surface area contributed by atoms with Crippen molar-refractivity contribution in [3.8, 4) is 33.4 Å². The van der Waals surface area contributed by atoms with E-state index in [1.54, 1.807) is 13.0 Å². The number of pyridine rings is 1. The third kappa shape index (κ3) is 6.07. The van der Waals surface area contributed by atoms with Crippen LogP contribution in [0.25, 0.3) is 66.4 Å². The van der Waals surface area contributed by atoms with Crippen molar-refractivity contribution in [3.63, 3.8) is 0 Å². The topological polar surface area (TPSA) is 181 Å². The van der Waals surface area contributed by atoms with Gasteiger partial charge in [0.15, 0.2) is 0 Å². The lowest BCUT2D eigenvalue weighted by atomic mass is 9.76. The van der Waals surface area contributed by atoms with Crippen molar-refractivity contribution in [2.45, 2.75) is 66.6 Å². The van der Waals surface area contributed by atoms with E-state index < -0.39 is 30.0 Å². The van der Waals surface area contributed by atoms with Gasteiger partial charge in [-0.1, -0.05) is 16.4 Å². The maximum absolute atomic E-state index is 14.7. The number of aryl methyl sites for hydroxylation is 4. The van der Waals surface area contributed by atoms with Gasteiger partial charge in [0.25, 0.3) is 0 Å². The van der Waals surface area contributed by atoms with E-state index in [0.29, 0.717) is 44.6 Å². The summed E-state index contributed by atoms with van der Waals surface area (Å²) in [5, 5.41) is 8.20. The molecule has 13 nitrogen and oxygen atoms in total. The summed E-state index contributed by atoms with van der Waals surface area (Å²) in [5.74, 6) is -0.0840. The van der Waals surface area contributed by atoms with Crippen molar-refractivity contribution in [1.82, 2.24) is 35.2 Å². The summed E-state index contributed by atoms with van der Waals surface area (Å²) in [4.78, 5) is 39.2. The first kappa shape index (κ1) is 35.9. The maximum Gasteiger partial charge on any atom is 0.497 e. The molecule has 1 fully saturated rings. The van der Waals surface area contributed by atoms with Gasteiger partial charge in [-0.3, -0.25) is 4.98 Å². The second kappa shape index (κ2) is 12.7. The van der Waals surface area contributed by atoms with Gasteiger partial charge in [-0.2, -0.15) is 0 Å². The third-order valence-electron chi connectivity index (χ3n) is 10.5. The Bertz CT molecular complexity index is 2880. The SMILES string of the molecule is Cc1noc(C)c1-c1cc(-c2ccnc3cc(F)cc(F)c23)c2[nH]c(=O)[nH]c2c1.Cc1noc(C)c1-c1cc(B2OC(C)(C)C(C)(C)O2)c2[nH]c(=O)[nH]c2c1. The van der Waals surface area contributed by atoms with Crippen LogP contribution in [0.15, 0.2) is 67.3 Å². The van der Waals surface area contributed by atoms with Gasteiger partial charge in [0.2, 0.25) is 0 Å². The normalized spacial score (nSPS) is 15.0. The molecule has 1 saturated heterocycles. The highest BCUT2D eigenvalue weighted by molar-refractivity contribution is 6.65. The fraction of sp³-hybridized carbons (Fsp3) is 0.256. The van der Waals surface area contributed by atoms with Crippen molar-refractivity contribution in [3.05, 3.63) is 104 Å². The van der Waals surface area contributed by atoms with Gasteiger partial charge in [-0.15, -0.1) is 0 Å². The number of aromatic amines is 4. The van der Waals surface area contributed by atoms with Crippen LogP contribution in [0.5, 0.6) is 0 Å². The van der Waals surface area contributed by atoms with Gasteiger partial charge in [0, 0.05) is 45.9 Å². The lowest BCUT2D eigenvalue weighted by Gasteiger charge is -2.32. The summed E-state index contributed by atoms with van der Waals surface area (Å²) in [6.45, 7) is 15.4. The minimum absolute atomic E-state index is 0.174. The lowest BCUT2D eigenvalue weighted by Crippen LogP contribution is -2.41. The molecule has 3 aromatic carbocycles. The number of hydrogen-bond acceptors (Lipinski definition) is 9. The standard InChI is InChI=1S/C21H14F2N4O2.C18H22BN3O4/c1-9-18(10(2)29-27-9)11-5-14(20-17(6-11)25-21(28)26-20)13-3-4-24-16-8-12(22)7-15(23)19(13)16;1-9-14(10(2)24-22-9)11-7-12(15-13(8-11)20-16(23)21-15)19-25-17(3,4)18(5,6)26-19/h3-8H,1-2H3,(H2,25,26,28);7-8H,1-6H3,(H2,20,21,23). The van der Waals surface area contributed by atoms with Crippen molar-refractivity contribution in [2.75, 3.05) is 0 Å². The Labute approximate surface area is 311 Å². The minimum atomic E-state index is -0.725. The van der Waals surface area contributed by atoms with E-state index >= 15 is 0 Å². The van der Waals surface area contributed by atoms with Gasteiger partial charge in [0.05, 0.1) is 50.2 Å². The number of aromatic nitrogens is 7. The highest BCUT2D eigenvalue weighted by Crippen LogP contribution is 2.39. The molecule has 5 aromatic heterocycles. The van der Waals surface area contributed by atoms with E-state index in [9.17, 15) is 18.4 Å². The molecule has 0 spiro atoms. The average Bonchev–Trinajstić information content (AvgIpc) is 3.89. The Morgan fingerprint density at radius 1 is 0.673 bits per heavy atom. The molecule has 1 aliphatic heterocycles. The first-order valence-corrected chi connectivity index (χ1v) is 17.5. The summed E-state index contributed by atoms with van der Waals surface area (Å²) in [5.41, 5.74) is 7.70. The van der Waals surface area contributed by atoms with Crippen LogP contribution < -0.4 is 16.8 Å². The number of H-pyrrole nitrogens is 4. The molecule has 4 N–H and O–H groups in total. The number of imidazole rings is 2. The largest absolute Gasteiger partial charge is 0.497 e. The Morgan fingerprint density at radius 3 is 1.78 bits per heavy atom. The van der Waals surface area contributed by atoms with Gasteiger partial charge < -0.3 is 38.3 Å². The fourth-order valence-corrected chi connectivity index (χ4v) is 7.19. The first-order valence-electron chi connectivity index (χ1n) is 17.5. The number of nitrogens with zero attached hydrogens (tertiary/aromatic N) is 3. The van der Waals surface area contributed by atoms with E-state index in [4.69, 9.17) is 18.4 Å². The average molecular weight is 748 g/mol. The number of nitrogens with one attached hydrogen (secondary N) is 4. The van der Waals surface area contributed by atoms with Crippen molar-refractivity contribution in [1.29, 1.82) is 0 Å². The quantitative estimate of drug-likeness (QED) is 0.137. The molecule has 55 heavy (non-hydrogen) atoms. The Balaban J connectivity index is 0.000000156. The molecule has 0 radical (unpaired) electrons. The Morgan fingerprint density at radius 2 is 1.22 bits per heavy atom. The summed E-state index contributed by atoms with van der Waals surface area (Å²) in [6.07, 6.45) is 1.48. The predicted molar refractivity (Wildman–Crippen MR) is 204 cm³/mol. The summed E-state index contributed by atoms with van der Waals surface area (Å²) in [6, 6.07) is 11.2. The molecule has 0 unspecified atom stereocenters. The first-order chi connectivity index (χ1) is 26.0. The van der Waals surface area contributed by atoms with E-state index in [2.05, 4.69) is 35.2 Å². The summed E-state index contributed by atoms with van der Waals surface area (Å²) in [7, 11) is -0.589. The highest BCUT2D eigenvalue weighted by Gasteiger charge is 2.52. The van der Waals surface area contributed by atoms with Crippen molar-refractivity contribution in [2.24, 2.45) is 0 Å². The van der Waals surface area contributed by atoms with E-state index in [1.165, 1.54) is 12.3 Å². The molecule has 6 heterocycles. The van der Waals surface area contributed by atoms with Crippen LogP contribution in [0.4, 0.5) is 8.78 Å². The third-order valence-corrected chi connectivity index (χ3v) is 10.5.